The Labute approximate surface area is 49.1 Å². The Morgan fingerprint density at radius 3 is 2.25 bits per heavy atom. The van der Waals surface area contributed by atoms with E-state index in [2.05, 4.69) is 0 Å². The molecule has 1 aliphatic carbocycles. The Morgan fingerprint density at radius 1 is 1.62 bits per heavy atom. The zero-order valence-electron chi connectivity index (χ0n) is 5.10. The van der Waals surface area contributed by atoms with Gasteiger partial charge in [0.1, 0.15) is 6.17 Å². The predicted molar refractivity (Wildman–Crippen MR) is 31.3 cm³/mol. The summed E-state index contributed by atoms with van der Waals surface area (Å²) in [5.74, 6) is 0.463. The summed E-state index contributed by atoms with van der Waals surface area (Å²) in [5.41, 5.74) is 5.49. The first-order valence-electron chi connectivity index (χ1n) is 3.10. The maximum atomic E-state index is 12.1. The van der Waals surface area contributed by atoms with Crippen molar-refractivity contribution < 1.29 is 4.39 Å². The molecule has 1 aliphatic rings. The van der Waals surface area contributed by atoms with Crippen LogP contribution in [0.5, 0.6) is 0 Å². The highest BCUT2D eigenvalue weighted by Crippen LogP contribution is 2.31. The predicted octanol–water partition coefficient (Wildman–Crippen LogP) is 1.08. The Balaban J connectivity index is 2.15. The fourth-order valence-electron chi connectivity index (χ4n) is 1.02. The highest BCUT2D eigenvalue weighted by Gasteiger charge is 2.30. The van der Waals surface area contributed by atoms with Gasteiger partial charge in [-0.05, 0) is 25.7 Å². The van der Waals surface area contributed by atoms with Crippen molar-refractivity contribution in [2.24, 2.45) is 11.7 Å². The van der Waals surface area contributed by atoms with Crippen LogP contribution in [0, 0.1) is 5.92 Å². The first-order chi connectivity index (χ1) is 3.70. The number of hydrogen-bond acceptors (Lipinski definition) is 1. The van der Waals surface area contributed by atoms with Gasteiger partial charge in [-0.1, -0.05) is 0 Å². The van der Waals surface area contributed by atoms with E-state index >= 15 is 0 Å². The zero-order valence-corrected chi connectivity index (χ0v) is 5.10. The molecule has 0 heterocycles. The van der Waals surface area contributed by atoms with Crippen molar-refractivity contribution in [2.75, 3.05) is 0 Å². The number of rotatable bonds is 1. The summed E-state index contributed by atoms with van der Waals surface area (Å²) in [6, 6.07) is 0.196. The molecular formula is C6H12FN. The zero-order chi connectivity index (χ0) is 6.15. The van der Waals surface area contributed by atoms with Crippen LogP contribution >= 0.6 is 0 Å². The summed E-state index contributed by atoms with van der Waals surface area (Å²) in [6.07, 6.45) is 0.834. The smallest absolute Gasteiger partial charge is 0.101 e. The van der Waals surface area contributed by atoms with Crippen LogP contribution in [0.4, 0.5) is 4.39 Å². The third-order valence-corrected chi connectivity index (χ3v) is 1.86. The molecule has 0 amide bonds. The molecule has 2 heteroatoms. The van der Waals surface area contributed by atoms with E-state index in [4.69, 9.17) is 5.73 Å². The molecule has 0 radical (unpaired) electrons. The third-order valence-electron chi connectivity index (χ3n) is 1.86. The maximum absolute atomic E-state index is 12.1. The van der Waals surface area contributed by atoms with Gasteiger partial charge in [-0.3, -0.25) is 0 Å². The quantitative estimate of drug-likeness (QED) is 0.546. The lowest BCUT2D eigenvalue weighted by Gasteiger charge is -2.32. The molecule has 0 aromatic rings. The third kappa shape index (κ3) is 0.996. The number of alkyl halides is 1. The van der Waals surface area contributed by atoms with Crippen molar-refractivity contribution in [3.63, 3.8) is 0 Å². The van der Waals surface area contributed by atoms with Crippen LogP contribution in [-0.4, -0.2) is 12.2 Å². The summed E-state index contributed by atoms with van der Waals surface area (Å²) >= 11 is 0. The van der Waals surface area contributed by atoms with E-state index in [1.165, 1.54) is 0 Å². The molecule has 1 fully saturated rings. The molecule has 1 atom stereocenters. The Hall–Kier alpha value is -0.110. The van der Waals surface area contributed by atoms with Crippen LogP contribution in [0.25, 0.3) is 0 Å². The first-order valence-corrected chi connectivity index (χ1v) is 3.10. The van der Waals surface area contributed by atoms with E-state index in [1.54, 1.807) is 0 Å². The van der Waals surface area contributed by atoms with Gasteiger partial charge in [0, 0.05) is 6.04 Å². The van der Waals surface area contributed by atoms with Crippen molar-refractivity contribution in [3.05, 3.63) is 0 Å². The molecule has 1 unspecified atom stereocenters. The SMILES string of the molecule is CC(N)C1CC(F)C1. The maximum Gasteiger partial charge on any atom is 0.101 e. The summed E-state index contributed by atoms with van der Waals surface area (Å²) in [5, 5.41) is 0. The molecule has 2 N–H and O–H groups in total. The van der Waals surface area contributed by atoms with Gasteiger partial charge in [-0.2, -0.15) is 0 Å². The topological polar surface area (TPSA) is 26.0 Å². The van der Waals surface area contributed by atoms with Crippen LogP contribution in [0.2, 0.25) is 0 Å². The molecule has 48 valence electrons. The fourth-order valence-corrected chi connectivity index (χ4v) is 1.02. The highest BCUT2D eigenvalue weighted by atomic mass is 19.1. The van der Waals surface area contributed by atoms with Gasteiger partial charge in [-0.15, -0.1) is 0 Å². The molecule has 0 saturated heterocycles. The standard InChI is InChI=1S/C6H12FN/c1-4(8)5-2-6(7)3-5/h4-6H,2-3,8H2,1H3. The van der Waals surface area contributed by atoms with Crippen molar-refractivity contribution >= 4 is 0 Å². The number of nitrogens with two attached hydrogens (primary N) is 1. The lowest BCUT2D eigenvalue weighted by Crippen LogP contribution is -2.37. The molecule has 0 aromatic carbocycles. The van der Waals surface area contributed by atoms with E-state index in [0.29, 0.717) is 18.8 Å². The second-order valence-corrected chi connectivity index (χ2v) is 2.69. The number of hydrogen-bond donors (Lipinski definition) is 1. The molecule has 8 heavy (non-hydrogen) atoms. The molecule has 1 nitrogen and oxygen atoms in total. The second kappa shape index (κ2) is 2.02. The van der Waals surface area contributed by atoms with Crippen LogP contribution in [0.3, 0.4) is 0 Å². The first kappa shape index (κ1) is 6.02. The normalized spacial score (nSPS) is 40.9. The number of halogens is 1. The highest BCUT2D eigenvalue weighted by molar-refractivity contribution is 4.83. The summed E-state index contributed by atoms with van der Waals surface area (Å²) in [7, 11) is 0. The second-order valence-electron chi connectivity index (χ2n) is 2.69. The van der Waals surface area contributed by atoms with Gasteiger partial charge in [0.2, 0.25) is 0 Å². The van der Waals surface area contributed by atoms with Gasteiger partial charge in [0.15, 0.2) is 0 Å². The van der Waals surface area contributed by atoms with Crippen molar-refractivity contribution in [1.82, 2.24) is 0 Å². The van der Waals surface area contributed by atoms with Gasteiger partial charge in [0.25, 0.3) is 0 Å². The summed E-state index contributed by atoms with van der Waals surface area (Å²) < 4.78 is 12.1. The van der Waals surface area contributed by atoms with E-state index in [0.717, 1.165) is 0 Å². The van der Waals surface area contributed by atoms with Crippen molar-refractivity contribution in [2.45, 2.75) is 32.0 Å². The van der Waals surface area contributed by atoms with Crippen LogP contribution in [0.1, 0.15) is 19.8 Å². The minimum atomic E-state index is -0.550. The minimum absolute atomic E-state index is 0.196. The molecular weight excluding hydrogens is 105 g/mol. The van der Waals surface area contributed by atoms with E-state index in [1.807, 2.05) is 6.92 Å². The molecule has 1 rings (SSSR count). The summed E-state index contributed by atoms with van der Waals surface area (Å²) in [6.45, 7) is 1.94. The minimum Gasteiger partial charge on any atom is -0.328 e. The lowest BCUT2D eigenvalue weighted by atomic mass is 9.79. The Kier molecular flexibility index (Phi) is 1.52. The lowest BCUT2D eigenvalue weighted by molar-refractivity contribution is 0.115. The van der Waals surface area contributed by atoms with E-state index in [9.17, 15) is 4.39 Å². The largest absolute Gasteiger partial charge is 0.328 e. The summed E-state index contributed by atoms with van der Waals surface area (Å²) in [4.78, 5) is 0. The van der Waals surface area contributed by atoms with Gasteiger partial charge in [0.05, 0.1) is 0 Å². The molecule has 0 aromatic heterocycles. The Morgan fingerprint density at radius 2 is 2.12 bits per heavy atom. The van der Waals surface area contributed by atoms with E-state index in [-0.39, 0.29) is 6.04 Å². The van der Waals surface area contributed by atoms with E-state index < -0.39 is 6.17 Å². The van der Waals surface area contributed by atoms with Crippen molar-refractivity contribution in [3.8, 4) is 0 Å². The van der Waals surface area contributed by atoms with Crippen molar-refractivity contribution in [1.29, 1.82) is 0 Å². The fraction of sp³-hybridized carbons (Fsp3) is 1.00. The average Bonchev–Trinajstić information content (AvgIpc) is 1.57. The monoisotopic (exact) mass is 117 g/mol. The van der Waals surface area contributed by atoms with Crippen LogP contribution < -0.4 is 5.73 Å². The van der Waals surface area contributed by atoms with Gasteiger partial charge in [-0.25, -0.2) is 4.39 Å². The average molecular weight is 117 g/mol. The van der Waals surface area contributed by atoms with Gasteiger partial charge < -0.3 is 5.73 Å². The molecule has 1 saturated carbocycles. The molecule has 0 aliphatic heterocycles. The van der Waals surface area contributed by atoms with Crippen LogP contribution in [-0.2, 0) is 0 Å². The molecule has 0 bridgehead atoms. The van der Waals surface area contributed by atoms with Crippen LogP contribution in [0.15, 0.2) is 0 Å². The Bertz CT molecular complexity index is 76.6. The van der Waals surface area contributed by atoms with Gasteiger partial charge >= 0.3 is 0 Å². The molecule has 0 spiro atoms.